The van der Waals surface area contributed by atoms with Gasteiger partial charge < -0.3 is 15.7 Å². The molecular weight excluding hydrogens is 256 g/mol. The van der Waals surface area contributed by atoms with Gasteiger partial charge in [0, 0.05) is 25.2 Å². The number of aromatic nitrogens is 2. The maximum absolute atomic E-state index is 11.2. The third-order valence-corrected chi connectivity index (χ3v) is 3.95. The van der Waals surface area contributed by atoms with Crippen LogP contribution in [-0.2, 0) is 11.4 Å². The number of aliphatic hydroxyl groups excluding tert-OH is 1. The van der Waals surface area contributed by atoms with Gasteiger partial charge >= 0.3 is 0 Å². The lowest BCUT2D eigenvalue weighted by atomic mass is 9.96. The lowest BCUT2D eigenvalue weighted by molar-refractivity contribution is -0.122. The molecular formula is C14H18N4O2. The van der Waals surface area contributed by atoms with Crippen molar-refractivity contribution in [3.8, 4) is 0 Å². The van der Waals surface area contributed by atoms with Crippen LogP contribution >= 0.6 is 0 Å². The SMILES string of the molecule is NC(=O)C1CCN(c2nc3ccccn3c2CO)CC1. The van der Waals surface area contributed by atoms with Crippen LogP contribution in [0.1, 0.15) is 18.5 Å². The number of carbonyl (C=O) groups excluding carboxylic acids is 1. The number of rotatable bonds is 3. The van der Waals surface area contributed by atoms with E-state index in [9.17, 15) is 9.90 Å². The zero-order valence-corrected chi connectivity index (χ0v) is 11.2. The second-order valence-corrected chi connectivity index (χ2v) is 5.13. The zero-order chi connectivity index (χ0) is 14.1. The topological polar surface area (TPSA) is 83.9 Å². The van der Waals surface area contributed by atoms with Crippen molar-refractivity contribution in [2.45, 2.75) is 19.4 Å². The van der Waals surface area contributed by atoms with Crippen molar-refractivity contribution in [3.63, 3.8) is 0 Å². The van der Waals surface area contributed by atoms with Gasteiger partial charge in [-0.15, -0.1) is 0 Å². The van der Waals surface area contributed by atoms with E-state index >= 15 is 0 Å². The van der Waals surface area contributed by atoms with E-state index in [1.807, 2.05) is 28.8 Å². The summed E-state index contributed by atoms with van der Waals surface area (Å²) in [5.41, 5.74) is 6.96. The normalized spacial score (nSPS) is 16.8. The van der Waals surface area contributed by atoms with Crippen LogP contribution in [0.2, 0.25) is 0 Å². The first kappa shape index (κ1) is 12.9. The molecule has 3 rings (SSSR count). The monoisotopic (exact) mass is 274 g/mol. The summed E-state index contributed by atoms with van der Waals surface area (Å²) in [6.45, 7) is 1.42. The third-order valence-electron chi connectivity index (χ3n) is 3.95. The Hall–Kier alpha value is -2.08. The Balaban J connectivity index is 1.89. The summed E-state index contributed by atoms with van der Waals surface area (Å²) in [5, 5.41) is 9.61. The molecule has 0 bridgehead atoms. The van der Waals surface area contributed by atoms with E-state index in [4.69, 9.17) is 5.73 Å². The van der Waals surface area contributed by atoms with Crippen LogP contribution in [0.25, 0.3) is 5.65 Å². The minimum absolute atomic E-state index is 0.0409. The highest BCUT2D eigenvalue weighted by Crippen LogP contribution is 2.26. The van der Waals surface area contributed by atoms with Gasteiger partial charge in [-0.3, -0.25) is 9.20 Å². The Morgan fingerprint density at radius 2 is 2.15 bits per heavy atom. The van der Waals surface area contributed by atoms with Gasteiger partial charge in [0.15, 0.2) is 5.82 Å². The molecule has 0 aromatic carbocycles. The zero-order valence-electron chi connectivity index (χ0n) is 11.2. The van der Waals surface area contributed by atoms with Crippen LogP contribution in [0.5, 0.6) is 0 Å². The van der Waals surface area contributed by atoms with Crippen molar-refractivity contribution in [3.05, 3.63) is 30.1 Å². The molecule has 1 fully saturated rings. The van der Waals surface area contributed by atoms with Gasteiger partial charge in [-0.05, 0) is 25.0 Å². The molecule has 0 aliphatic carbocycles. The number of hydrogen-bond donors (Lipinski definition) is 2. The molecule has 3 heterocycles. The number of nitrogens with zero attached hydrogens (tertiary/aromatic N) is 3. The fourth-order valence-corrected chi connectivity index (χ4v) is 2.81. The van der Waals surface area contributed by atoms with Crippen LogP contribution in [0.4, 0.5) is 5.82 Å². The molecule has 0 atom stereocenters. The van der Waals surface area contributed by atoms with Gasteiger partial charge in [-0.25, -0.2) is 4.98 Å². The standard InChI is InChI=1S/C14H18N4O2/c15-13(20)10-4-7-17(8-5-10)14-11(9-19)18-6-2-1-3-12(18)16-14/h1-3,6,10,19H,4-5,7-9H2,(H2,15,20). The molecule has 0 saturated carbocycles. The number of pyridine rings is 1. The number of piperidine rings is 1. The predicted molar refractivity (Wildman–Crippen MR) is 75.2 cm³/mol. The molecule has 6 nitrogen and oxygen atoms in total. The van der Waals surface area contributed by atoms with Crippen LogP contribution in [0, 0.1) is 5.92 Å². The molecule has 1 amide bonds. The smallest absolute Gasteiger partial charge is 0.220 e. The number of nitrogens with two attached hydrogens (primary N) is 1. The minimum Gasteiger partial charge on any atom is -0.390 e. The molecule has 6 heteroatoms. The number of hydrogen-bond acceptors (Lipinski definition) is 4. The van der Waals surface area contributed by atoms with Crippen molar-refractivity contribution in [1.29, 1.82) is 0 Å². The summed E-state index contributed by atoms with van der Waals surface area (Å²) in [4.78, 5) is 17.9. The van der Waals surface area contributed by atoms with E-state index < -0.39 is 0 Å². The van der Waals surface area contributed by atoms with Gasteiger partial charge in [0.1, 0.15) is 5.65 Å². The third kappa shape index (κ3) is 2.12. The van der Waals surface area contributed by atoms with E-state index in [-0.39, 0.29) is 18.4 Å². The van der Waals surface area contributed by atoms with E-state index in [2.05, 4.69) is 9.88 Å². The first-order valence-corrected chi connectivity index (χ1v) is 6.82. The van der Waals surface area contributed by atoms with Gasteiger partial charge in [0.05, 0.1) is 12.3 Å². The molecule has 106 valence electrons. The quantitative estimate of drug-likeness (QED) is 0.855. The van der Waals surface area contributed by atoms with Crippen molar-refractivity contribution in [1.82, 2.24) is 9.38 Å². The fraction of sp³-hybridized carbons (Fsp3) is 0.429. The highest BCUT2D eigenvalue weighted by molar-refractivity contribution is 5.77. The molecule has 2 aromatic rings. The first-order chi connectivity index (χ1) is 9.70. The van der Waals surface area contributed by atoms with Gasteiger partial charge in [-0.1, -0.05) is 6.07 Å². The Morgan fingerprint density at radius 3 is 2.80 bits per heavy atom. The van der Waals surface area contributed by atoms with Gasteiger partial charge in [-0.2, -0.15) is 0 Å². The largest absolute Gasteiger partial charge is 0.390 e. The van der Waals surface area contributed by atoms with E-state index in [0.29, 0.717) is 0 Å². The average Bonchev–Trinajstić information content (AvgIpc) is 2.85. The van der Waals surface area contributed by atoms with E-state index in [1.165, 1.54) is 0 Å². The van der Waals surface area contributed by atoms with Crippen LogP contribution in [0.15, 0.2) is 24.4 Å². The molecule has 1 saturated heterocycles. The summed E-state index contributed by atoms with van der Waals surface area (Å²) in [7, 11) is 0. The number of carbonyl (C=O) groups is 1. The lowest BCUT2D eigenvalue weighted by Crippen LogP contribution is -2.39. The van der Waals surface area contributed by atoms with Crippen LogP contribution < -0.4 is 10.6 Å². The molecule has 2 aromatic heterocycles. The number of imidazole rings is 1. The molecule has 0 spiro atoms. The molecule has 20 heavy (non-hydrogen) atoms. The maximum Gasteiger partial charge on any atom is 0.220 e. The molecule has 0 unspecified atom stereocenters. The Labute approximate surface area is 116 Å². The summed E-state index contributed by atoms with van der Waals surface area (Å²) in [5.74, 6) is 0.546. The van der Waals surface area contributed by atoms with Crippen molar-refractivity contribution < 1.29 is 9.90 Å². The molecule has 1 aliphatic heterocycles. The number of amides is 1. The van der Waals surface area contributed by atoms with Crippen LogP contribution in [-0.4, -0.2) is 33.5 Å². The first-order valence-electron chi connectivity index (χ1n) is 6.82. The average molecular weight is 274 g/mol. The summed E-state index contributed by atoms with van der Waals surface area (Å²) < 4.78 is 1.90. The van der Waals surface area contributed by atoms with Gasteiger partial charge in [0.25, 0.3) is 0 Å². The van der Waals surface area contributed by atoms with Crippen molar-refractivity contribution in [2.24, 2.45) is 11.7 Å². The Kier molecular flexibility index (Phi) is 3.31. The van der Waals surface area contributed by atoms with E-state index in [1.54, 1.807) is 0 Å². The lowest BCUT2D eigenvalue weighted by Gasteiger charge is -2.31. The highest BCUT2D eigenvalue weighted by atomic mass is 16.3. The second kappa shape index (κ2) is 5.13. The summed E-state index contributed by atoms with van der Waals surface area (Å²) >= 11 is 0. The maximum atomic E-state index is 11.2. The van der Waals surface area contributed by atoms with E-state index in [0.717, 1.165) is 43.1 Å². The number of primary amides is 1. The minimum atomic E-state index is -0.220. The molecule has 3 N–H and O–H groups in total. The molecule has 0 radical (unpaired) electrons. The number of aliphatic hydroxyl groups is 1. The number of fused-ring (bicyclic) bond motifs is 1. The van der Waals surface area contributed by atoms with Gasteiger partial charge in [0.2, 0.25) is 5.91 Å². The van der Waals surface area contributed by atoms with Crippen LogP contribution in [0.3, 0.4) is 0 Å². The second-order valence-electron chi connectivity index (χ2n) is 5.13. The van der Waals surface area contributed by atoms with Crippen molar-refractivity contribution in [2.75, 3.05) is 18.0 Å². The fourth-order valence-electron chi connectivity index (χ4n) is 2.81. The summed E-state index contributed by atoms with van der Waals surface area (Å²) in [6, 6.07) is 5.75. The summed E-state index contributed by atoms with van der Waals surface area (Å²) in [6.07, 6.45) is 3.38. The Morgan fingerprint density at radius 1 is 1.40 bits per heavy atom. The predicted octanol–water partition coefficient (Wildman–Crippen LogP) is 0.528. The molecule has 1 aliphatic rings. The number of anilines is 1. The highest BCUT2D eigenvalue weighted by Gasteiger charge is 2.26. The Bertz CT molecular complexity index is 629. The van der Waals surface area contributed by atoms with Crippen molar-refractivity contribution >= 4 is 17.4 Å².